The van der Waals surface area contributed by atoms with E-state index in [2.05, 4.69) is 21.4 Å². The third-order valence-electron chi connectivity index (χ3n) is 5.97. The number of nitrogens with zero attached hydrogens (tertiary/aromatic N) is 3. The van der Waals surface area contributed by atoms with Gasteiger partial charge in [-0.3, -0.25) is 4.79 Å². The number of hydrogen-bond donors (Lipinski definition) is 2. The number of imidazole rings is 1. The van der Waals surface area contributed by atoms with Gasteiger partial charge in [0.2, 0.25) is 0 Å². The molecule has 0 saturated carbocycles. The summed E-state index contributed by atoms with van der Waals surface area (Å²) in [6.45, 7) is 0.629. The number of carbonyl (C=O) groups is 1. The highest BCUT2D eigenvalue weighted by Gasteiger charge is 2.24. The molecule has 2 aromatic heterocycles. The fourth-order valence-corrected chi connectivity index (χ4v) is 4.16. The molecule has 0 unspecified atom stereocenters. The Morgan fingerprint density at radius 1 is 1.09 bits per heavy atom. The molecule has 0 radical (unpaired) electrons. The second-order valence-electron chi connectivity index (χ2n) is 8.12. The van der Waals surface area contributed by atoms with Gasteiger partial charge in [-0.1, -0.05) is 48.5 Å². The molecule has 1 atom stereocenters. The van der Waals surface area contributed by atoms with Crippen molar-refractivity contribution in [2.75, 3.05) is 6.54 Å². The Kier molecular flexibility index (Phi) is 6.02. The summed E-state index contributed by atoms with van der Waals surface area (Å²) >= 11 is 0. The van der Waals surface area contributed by atoms with Crippen molar-refractivity contribution in [3.8, 4) is 11.8 Å². The van der Waals surface area contributed by atoms with Crippen molar-refractivity contribution in [2.45, 2.75) is 12.5 Å². The summed E-state index contributed by atoms with van der Waals surface area (Å²) in [7, 11) is 0. The lowest BCUT2D eigenvalue weighted by atomic mass is 9.96. The zero-order valence-corrected chi connectivity index (χ0v) is 18.5. The van der Waals surface area contributed by atoms with Crippen LogP contribution in [0.4, 0.5) is 0 Å². The Morgan fingerprint density at radius 3 is 2.65 bits per heavy atom. The Balaban J connectivity index is 1.39. The SMILES string of the molecule is N#Cc1ccc(CCN[C@@H](C(=O)c2c[nH]c3cc(-n4ccnc4)ccc23)c2ccccc2)cc1. The molecular formula is C28H23N5O. The van der Waals surface area contributed by atoms with Gasteiger partial charge < -0.3 is 14.9 Å². The molecule has 0 fully saturated rings. The van der Waals surface area contributed by atoms with E-state index in [-0.39, 0.29) is 5.78 Å². The van der Waals surface area contributed by atoms with E-state index in [9.17, 15) is 4.79 Å². The average molecular weight is 446 g/mol. The first kappa shape index (κ1) is 21.4. The normalized spacial score (nSPS) is 11.9. The van der Waals surface area contributed by atoms with Crippen molar-refractivity contribution < 1.29 is 4.79 Å². The summed E-state index contributed by atoms with van der Waals surface area (Å²) in [5.41, 5.74) is 5.23. The molecule has 5 rings (SSSR count). The van der Waals surface area contributed by atoms with Gasteiger partial charge in [-0.15, -0.1) is 0 Å². The monoisotopic (exact) mass is 445 g/mol. The van der Waals surface area contributed by atoms with Gasteiger partial charge in [-0.2, -0.15) is 5.26 Å². The van der Waals surface area contributed by atoms with Crippen LogP contribution in [0.3, 0.4) is 0 Å². The fourth-order valence-electron chi connectivity index (χ4n) is 4.16. The van der Waals surface area contributed by atoms with E-state index in [1.807, 2.05) is 83.6 Å². The van der Waals surface area contributed by atoms with Crippen LogP contribution in [0, 0.1) is 11.3 Å². The molecule has 5 aromatic rings. The lowest BCUT2D eigenvalue weighted by Gasteiger charge is -2.18. The van der Waals surface area contributed by atoms with E-state index in [1.165, 1.54) is 0 Å². The number of hydrogen-bond acceptors (Lipinski definition) is 4. The minimum absolute atomic E-state index is 0.0210. The highest BCUT2D eigenvalue weighted by Crippen LogP contribution is 2.26. The number of benzene rings is 3. The van der Waals surface area contributed by atoms with Crippen LogP contribution in [-0.2, 0) is 6.42 Å². The molecule has 0 saturated heterocycles. The summed E-state index contributed by atoms with van der Waals surface area (Å²) in [6.07, 6.45) is 7.92. The standard InChI is InChI=1S/C28H23N5O/c29-17-21-8-6-20(7-9-21)12-13-31-27(22-4-2-1-3-5-22)28(34)25-18-32-26-16-23(10-11-24(25)26)33-15-14-30-19-33/h1-11,14-16,18-19,27,31-32H,12-13H2/t27-/m1/s1. The van der Waals surface area contributed by atoms with Crippen LogP contribution in [-0.4, -0.2) is 26.9 Å². The summed E-state index contributed by atoms with van der Waals surface area (Å²) in [6, 6.07) is 25.0. The Bertz CT molecular complexity index is 1440. The molecule has 0 aliphatic carbocycles. The maximum atomic E-state index is 13.7. The second kappa shape index (κ2) is 9.57. The number of nitriles is 1. The third kappa shape index (κ3) is 4.38. The van der Waals surface area contributed by atoms with Gasteiger partial charge in [0.15, 0.2) is 5.78 Å². The maximum absolute atomic E-state index is 13.7. The van der Waals surface area contributed by atoms with E-state index in [1.54, 1.807) is 18.7 Å². The van der Waals surface area contributed by atoms with Crippen LogP contribution in [0.5, 0.6) is 0 Å². The van der Waals surface area contributed by atoms with Gasteiger partial charge in [0.25, 0.3) is 0 Å². The molecule has 0 spiro atoms. The molecule has 2 heterocycles. The topological polar surface area (TPSA) is 86.5 Å². The zero-order valence-electron chi connectivity index (χ0n) is 18.5. The summed E-state index contributed by atoms with van der Waals surface area (Å²) in [4.78, 5) is 21.1. The number of ketones is 1. The van der Waals surface area contributed by atoms with Gasteiger partial charge in [-0.05, 0) is 41.8 Å². The van der Waals surface area contributed by atoms with Gasteiger partial charge in [-0.25, -0.2) is 4.98 Å². The Labute approximate surface area is 197 Å². The minimum Gasteiger partial charge on any atom is -0.360 e. The number of aromatic amines is 1. The zero-order chi connectivity index (χ0) is 23.3. The number of Topliss-reactive ketones (excluding diaryl/α,β-unsaturated/α-hetero) is 1. The molecule has 0 bridgehead atoms. The number of aromatic nitrogens is 3. The summed E-state index contributed by atoms with van der Waals surface area (Å²) < 4.78 is 1.93. The first-order valence-electron chi connectivity index (χ1n) is 11.1. The molecule has 0 amide bonds. The second-order valence-corrected chi connectivity index (χ2v) is 8.12. The molecule has 0 aliphatic heterocycles. The van der Waals surface area contributed by atoms with E-state index < -0.39 is 6.04 Å². The number of carbonyl (C=O) groups excluding carboxylic acids is 1. The van der Waals surface area contributed by atoms with E-state index >= 15 is 0 Å². The number of H-pyrrole nitrogens is 1. The quantitative estimate of drug-likeness (QED) is 0.330. The molecule has 3 aromatic carbocycles. The first-order valence-corrected chi connectivity index (χ1v) is 11.1. The highest BCUT2D eigenvalue weighted by molar-refractivity contribution is 6.10. The van der Waals surface area contributed by atoms with Crippen LogP contribution >= 0.6 is 0 Å². The molecule has 166 valence electrons. The van der Waals surface area contributed by atoms with Gasteiger partial charge in [0, 0.05) is 47.3 Å². The predicted molar refractivity (Wildman–Crippen MR) is 132 cm³/mol. The van der Waals surface area contributed by atoms with Crippen molar-refractivity contribution in [3.63, 3.8) is 0 Å². The number of rotatable bonds is 8. The minimum atomic E-state index is -0.466. The van der Waals surface area contributed by atoms with Crippen molar-refractivity contribution in [2.24, 2.45) is 0 Å². The first-order chi connectivity index (χ1) is 16.7. The Morgan fingerprint density at radius 2 is 1.91 bits per heavy atom. The van der Waals surface area contributed by atoms with Crippen LogP contribution in [0.2, 0.25) is 0 Å². The molecular weight excluding hydrogens is 422 g/mol. The van der Waals surface area contributed by atoms with Gasteiger partial charge in [0.1, 0.15) is 0 Å². The fraction of sp³-hybridized carbons (Fsp3) is 0.107. The van der Waals surface area contributed by atoms with E-state index in [0.29, 0.717) is 17.7 Å². The van der Waals surface area contributed by atoms with Gasteiger partial charge in [0.05, 0.1) is 24.0 Å². The lowest BCUT2D eigenvalue weighted by Crippen LogP contribution is -2.30. The third-order valence-corrected chi connectivity index (χ3v) is 5.97. The van der Waals surface area contributed by atoms with Crippen molar-refractivity contribution in [3.05, 3.63) is 120 Å². The van der Waals surface area contributed by atoms with Gasteiger partial charge >= 0.3 is 0 Å². The summed E-state index contributed by atoms with van der Waals surface area (Å²) in [5, 5.41) is 13.3. The highest BCUT2D eigenvalue weighted by atomic mass is 16.1. The predicted octanol–water partition coefficient (Wildman–Crippen LogP) is 4.98. The molecule has 6 nitrogen and oxygen atoms in total. The molecule has 0 aliphatic rings. The van der Waals surface area contributed by atoms with E-state index in [0.717, 1.165) is 34.1 Å². The maximum Gasteiger partial charge on any atom is 0.186 e. The lowest BCUT2D eigenvalue weighted by molar-refractivity contribution is 0.0945. The Hall–Kier alpha value is -4.47. The number of nitrogens with one attached hydrogen (secondary N) is 2. The van der Waals surface area contributed by atoms with Crippen LogP contribution < -0.4 is 5.32 Å². The van der Waals surface area contributed by atoms with Crippen molar-refractivity contribution >= 4 is 16.7 Å². The molecule has 2 N–H and O–H groups in total. The van der Waals surface area contributed by atoms with Crippen molar-refractivity contribution in [1.82, 2.24) is 19.9 Å². The number of fused-ring (bicyclic) bond motifs is 1. The van der Waals surface area contributed by atoms with Crippen LogP contribution in [0.15, 0.2) is 97.7 Å². The van der Waals surface area contributed by atoms with Crippen LogP contribution in [0.25, 0.3) is 16.6 Å². The van der Waals surface area contributed by atoms with Crippen molar-refractivity contribution in [1.29, 1.82) is 5.26 Å². The molecule has 6 heteroatoms. The van der Waals surface area contributed by atoms with Crippen LogP contribution in [0.1, 0.15) is 33.1 Å². The smallest absolute Gasteiger partial charge is 0.186 e. The average Bonchev–Trinajstić information content (AvgIpc) is 3.57. The molecule has 34 heavy (non-hydrogen) atoms. The summed E-state index contributed by atoms with van der Waals surface area (Å²) in [5.74, 6) is 0.0210. The largest absolute Gasteiger partial charge is 0.360 e. The van der Waals surface area contributed by atoms with E-state index in [4.69, 9.17) is 5.26 Å².